The highest BCUT2D eigenvalue weighted by Gasteiger charge is 2.24. The summed E-state index contributed by atoms with van der Waals surface area (Å²) >= 11 is 1.53. The minimum absolute atomic E-state index is 0.0946. The maximum atomic E-state index is 12.3. The fourth-order valence-electron chi connectivity index (χ4n) is 3.13. The van der Waals surface area contributed by atoms with Crippen molar-refractivity contribution in [2.24, 2.45) is 0 Å². The average molecular weight is 349 g/mol. The third-order valence-electron chi connectivity index (χ3n) is 4.44. The van der Waals surface area contributed by atoms with E-state index < -0.39 is 0 Å². The average Bonchev–Trinajstić information content (AvgIpc) is 2.87. The molecule has 2 heterocycles. The molecule has 1 aliphatic heterocycles. The van der Waals surface area contributed by atoms with Crippen LogP contribution in [-0.4, -0.2) is 27.9 Å². The van der Waals surface area contributed by atoms with Crippen LogP contribution in [0.25, 0.3) is 22.0 Å². The van der Waals surface area contributed by atoms with Crippen molar-refractivity contribution in [2.75, 3.05) is 6.54 Å². The van der Waals surface area contributed by atoms with Crippen LogP contribution in [0.1, 0.15) is 19.3 Å². The second-order valence-electron chi connectivity index (χ2n) is 6.16. The first-order valence-electron chi connectivity index (χ1n) is 8.58. The van der Waals surface area contributed by atoms with E-state index >= 15 is 0 Å². The van der Waals surface area contributed by atoms with Crippen molar-refractivity contribution in [1.29, 1.82) is 0 Å². The monoisotopic (exact) mass is 349 g/mol. The summed E-state index contributed by atoms with van der Waals surface area (Å²) in [6.45, 7) is 0.773. The van der Waals surface area contributed by atoms with Crippen molar-refractivity contribution in [3.8, 4) is 11.3 Å². The minimum atomic E-state index is -0.0946. The third-order valence-corrected chi connectivity index (χ3v) is 5.70. The van der Waals surface area contributed by atoms with Gasteiger partial charge in [-0.3, -0.25) is 4.79 Å². The molecule has 0 aliphatic carbocycles. The lowest BCUT2D eigenvalue weighted by atomic mass is 10.1. The van der Waals surface area contributed by atoms with E-state index in [-0.39, 0.29) is 11.2 Å². The fraction of sp³-hybridized carbons (Fsp3) is 0.250. The number of carbonyl (C=O) groups is 1. The lowest BCUT2D eigenvalue weighted by Crippen LogP contribution is -2.30. The molecule has 1 saturated heterocycles. The molecule has 5 heteroatoms. The Kier molecular flexibility index (Phi) is 4.65. The summed E-state index contributed by atoms with van der Waals surface area (Å²) < 4.78 is 0. The summed E-state index contributed by atoms with van der Waals surface area (Å²) in [6, 6.07) is 18.3. The van der Waals surface area contributed by atoms with Gasteiger partial charge in [0.05, 0.1) is 5.25 Å². The van der Waals surface area contributed by atoms with E-state index in [1.54, 1.807) is 0 Å². The van der Waals surface area contributed by atoms with Gasteiger partial charge in [0.2, 0.25) is 5.91 Å². The van der Waals surface area contributed by atoms with Crippen molar-refractivity contribution in [1.82, 2.24) is 15.5 Å². The molecule has 4 rings (SSSR count). The van der Waals surface area contributed by atoms with E-state index in [9.17, 15) is 4.79 Å². The Morgan fingerprint density at radius 1 is 0.920 bits per heavy atom. The van der Waals surface area contributed by atoms with Gasteiger partial charge in [-0.15, -0.1) is 10.2 Å². The fourth-order valence-corrected chi connectivity index (χ4v) is 4.27. The normalized spacial score (nSPS) is 17.9. The first kappa shape index (κ1) is 16.1. The number of rotatable bonds is 3. The van der Waals surface area contributed by atoms with E-state index in [4.69, 9.17) is 0 Å². The van der Waals surface area contributed by atoms with Crippen LogP contribution in [0, 0.1) is 0 Å². The molecule has 25 heavy (non-hydrogen) atoms. The Bertz CT molecular complexity index is 898. The van der Waals surface area contributed by atoms with Crippen molar-refractivity contribution in [3.05, 3.63) is 54.6 Å². The summed E-state index contributed by atoms with van der Waals surface area (Å²) in [5.74, 6) is 0.112. The molecule has 1 aromatic heterocycles. The molecule has 0 spiro atoms. The largest absolute Gasteiger partial charge is 0.355 e. The number of fused-ring (bicyclic) bond motifs is 1. The van der Waals surface area contributed by atoms with Gasteiger partial charge < -0.3 is 5.32 Å². The summed E-state index contributed by atoms with van der Waals surface area (Å²) in [6.07, 6.45) is 2.99. The van der Waals surface area contributed by atoms with E-state index in [2.05, 4.69) is 27.6 Å². The van der Waals surface area contributed by atoms with Crippen LogP contribution in [0.5, 0.6) is 0 Å². The number of nitrogens with one attached hydrogen (secondary N) is 1. The number of nitrogens with zero attached hydrogens (tertiary/aromatic N) is 2. The molecule has 0 unspecified atom stereocenters. The van der Waals surface area contributed by atoms with E-state index in [1.807, 2.05) is 42.5 Å². The van der Waals surface area contributed by atoms with Crippen molar-refractivity contribution >= 4 is 28.4 Å². The van der Waals surface area contributed by atoms with Gasteiger partial charge in [0, 0.05) is 22.9 Å². The molecule has 0 bridgehead atoms. The lowest BCUT2D eigenvalue weighted by Gasteiger charge is -2.14. The zero-order chi connectivity index (χ0) is 17.1. The number of hydrogen-bond donors (Lipinski definition) is 1. The molecule has 1 atom stereocenters. The van der Waals surface area contributed by atoms with E-state index in [0.717, 1.165) is 52.9 Å². The van der Waals surface area contributed by atoms with Crippen molar-refractivity contribution < 1.29 is 4.79 Å². The van der Waals surface area contributed by atoms with Gasteiger partial charge in [0.1, 0.15) is 10.7 Å². The summed E-state index contributed by atoms with van der Waals surface area (Å²) in [5, 5.41) is 14.8. The number of hydrogen-bond acceptors (Lipinski definition) is 4. The SMILES string of the molecule is O=C1NCCCC[C@@H]1Sc1nnc(-c2ccccc2)c2ccccc12. The van der Waals surface area contributed by atoms with Crippen LogP contribution in [0.4, 0.5) is 0 Å². The molecular formula is C20H19N3OS. The Hall–Kier alpha value is -2.40. The molecule has 126 valence electrons. The first-order valence-corrected chi connectivity index (χ1v) is 9.46. The molecule has 1 aliphatic rings. The van der Waals surface area contributed by atoms with Crippen LogP contribution in [0.3, 0.4) is 0 Å². The van der Waals surface area contributed by atoms with Gasteiger partial charge in [-0.1, -0.05) is 72.8 Å². The van der Waals surface area contributed by atoms with Gasteiger partial charge >= 0.3 is 0 Å². The predicted octanol–water partition coefficient (Wildman–Crippen LogP) is 4.06. The second kappa shape index (κ2) is 7.23. The van der Waals surface area contributed by atoms with Crippen LogP contribution in [0.2, 0.25) is 0 Å². The molecule has 3 aromatic rings. The quantitative estimate of drug-likeness (QED) is 0.775. The maximum Gasteiger partial charge on any atom is 0.233 e. The van der Waals surface area contributed by atoms with Gasteiger partial charge in [-0.25, -0.2) is 0 Å². The first-order chi connectivity index (χ1) is 12.3. The molecule has 4 nitrogen and oxygen atoms in total. The highest BCUT2D eigenvalue weighted by molar-refractivity contribution is 8.00. The molecule has 1 N–H and O–H groups in total. The molecule has 0 radical (unpaired) electrons. The number of thioether (sulfide) groups is 1. The Labute approximate surface area is 151 Å². The molecule has 0 saturated carbocycles. The van der Waals surface area contributed by atoms with Gasteiger partial charge in [0.15, 0.2) is 0 Å². The zero-order valence-corrected chi connectivity index (χ0v) is 14.6. The zero-order valence-electron chi connectivity index (χ0n) is 13.8. The number of amides is 1. The van der Waals surface area contributed by atoms with Gasteiger partial charge in [-0.05, 0) is 12.8 Å². The Morgan fingerprint density at radius 2 is 1.68 bits per heavy atom. The third kappa shape index (κ3) is 3.37. The van der Waals surface area contributed by atoms with E-state index in [1.165, 1.54) is 11.8 Å². The predicted molar refractivity (Wildman–Crippen MR) is 101 cm³/mol. The van der Waals surface area contributed by atoms with Crippen LogP contribution < -0.4 is 5.32 Å². The minimum Gasteiger partial charge on any atom is -0.355 e. The summed E-state index contributed by atoms with van der Waals surface area (Å²) in [5.41, 5.74) is 1.93. The highest BCUT2D eigenvalue weighted by atomic mass is 32.2. The van der Waals surface area contributed by atoms with Crippen LogP contribution in [-0.2, 0) is 4.79 Å². The van der Waals surface area contributed by atoms with Gasteiger partial charge in [0.25, 0.3) is 0 Å². The standard InChI is InChI=1S/C20H19N3OS/c24-19-17(12-6-7-13-21-19)25-20-16-11-5-4-10-15(16)18(22-23-20)14-8-2-1-3-9-14/h1-5,8-11,17H,6-7,12-13H2,(H,21,24)/t17-/m0/s1. The number of benzene rings is 2. The molecule has 1 fully saturated rings. The summed E-state index contributed by atoms with van der Waals surface area (Å²) in [7, 11) is 0. The van der Waals surface area contributed by atoms with Crippen LogP contribution >= 0.6 is 11.8 Å². The highest BCUT2D eigenvalue weighted by Crippen LogP contribution is 2.34. The molecular weight excluding hydrogens is 330 g/mol. The second-order valence-corrected chi connectivity index (χ2v) is 7.35. The van der Waals surface area contributed by atoms with E-state index in [0.29, 0.717) is 0 Å². The number of aromatic nitrogens is 2. The Morgan fingerprint density at radius 3 is 2.52 bits per heavy atom. The van der Waals surface area contributed by atoms with Crippen molar-refractivity contribution in [3.63, 3.8) is 0 Å². The maximum absolute atomic E-state index is 12.3. The smallest absolute Gasteiger partial charge is 0.233 e. The van der Waals surface area contributed by atoms with Gasteiger partial charge in [-0.2, -0.15) is 0 Å². The summed E-state index contributed by atoms with van der Waals surface area (Å²) in [4.78, 5) is 12.3. The lowest BCUT2D eigenvalue weighted by molar-refractivity contribution is -0.120. The Balaban J connectivity index is 1.75. The topological polar surface area (TPSA) is 54.9 Å². The molecule has 1 amide bonds. The number of carbonyl (C=O) groups excluding carboxylic acids is 1. The molecule has 2 aromatic carbocycles. The van der Waals surface area contributed by atoms with Crippen LogP contribution in [0.15, 0.2) is 59.6 Å². The van der Waals surface area contributed by atoms with Crippen molar-refractivity contribution in [2.45, 2.75) is 29.5 Å².